The summed E-state index contributed by atoms with van der Waals surface area (Å²) in [6.45, 7) is 1.91. The molecule has 1 aromatic heterocycles. The molecule has 7 heteroatoms. The number of rotatable bonds is 4. The monoisotopic (exact) mass is 341 g/mol. The number of aromatic nitrogens is 3. The highest BCUT2D eigenvalue weighted by atomic mass is 35.5. The van der Waals surface area contributed by atoms with Crippen molar-refractivity contribution in [2.45, 2.75) is 13.0 Å². The second-order valence-corrected chi connectivity index (χ2v) is 5.64. The van der Waals surface area contributed by atoms with Crippen LogP contribution >= 0.6 is 11.6 Å². The van der Waals surface area contributed by atoms with Crippen molar-refractivity contribution in [3.8, 4) is 5.69 Å². The van der Waals surface area contributed by atoms with Crippen molar-refractivity contribution < 1.29 is 4.79 Å². The predicted octanol–water partition coefficient (Wildman–Crippen LogP) is 3.80. The summed E-state index contributed by atoms with van der Waals surface area (Å²) in [6, 6.07) is 14.4. The quantitative estimate of drug-likeness (QED) is 0.758. The van der Waals surface area contributed by atoms with Gasteiger partial charge in [0.05, 0.1) is 22.4 Å². The largest absolute Gasteiger partial charge is 0.331 e. The Morgan fingerprint density at radius 1 is 1.17 bits per heavy atom. The summed E-state index contributed by atoms with van der Waals surface area (Å²) >= 11 is 6.03. The zero-order valence-corrected chi connectivity index (χ0v) is 13.7. The highest BCUT2D eigenvalue weighted by molar-refractivity contribution is 6.33. The maximum Gasteiger partial charge on any atom is 0.319 e. The summed E-state index contributed by atoms with van der Waals surface area (Å²) in [7, 11) is 0. The lowest BCUT2D eigenvalue weighted by molar-refractivity contribution is 0.249. The summed E-state index contributed by atoms with van der Waals surface area (Å²) in [5, 5.41) is 10.2. The van der Waals surface area contributed by atoms with E-state index in [9.17, 15) is 4.79 Å². The topological polar surface area (TPSA) is 71.8 Å². The number of hydrogen-bond donors (Lipinski definition) is 2. The van der Waals surface area contributed by atoms with E-state index in [2.05, 4.69) is 20.7 Å². The normalized spacial score (nSPS) is 11.8. The molecule has 24 heavy (non-hydrogen) atoms. The van der Waals surface area contributed by atoms with Gasteiger partial charge in [0.1, 0.15) is 12.7 Å². The Kier molecular flexibility index (Phi) is 4.77. The molecule has 2 N–H and O–H groups in total. The van der Waals surface area contributed by atoms with Gasteiger partial charge in [-0.3, -0.25) is 0 Å². The zero-order valence-electron chi connectivity index (χ0n) is 13.0. The Morgan fingerprint density at radius 2 is 1.92 bits per heavy atom. The maximum atomic E-state index is 12.1. The van der Waals surface area contributed by atoms with Crippen LogP contribution in [0.15, 0.2) is 61.2 Å². The van der Waals surface area contributed by atoms with Crippen LogP contribution in [-0.4, -0.2) is 20.8 Å². The third kappa shape index (κ3) is 3.72. The van der Waals surface area contributed by atoms with Crippen LogP contribution in [0.25, 0.3) is 5.69 Å². The number of carbonyl (C=O) groups excluding carboxylic acids is 1. The molecule has 3 rings (SSSR count). The molecule has 0 saturated heterocycles. The molecule has 0 aliphatic carbocycles. The third-order valence-electron chi connectivity index (χ3n) is 3.55. The Balaban J connectivity index is 1.63. The fourth-order valence-electron chi connectivity index (χ4n) is 2.26. The molecule has 0 aliphatic rings. The van der Waals surface area contributed by atoms with Crippen LogP contribution in [0.5, 0.6) is 0 Å². The molecule has 2 aromatic carbocycles. The standard InChI is InChI=1S/C17H16ClN5O/c1-12(21-17(24)22-16-5-3-2-4-15(16)18)13-6-8-14(9-7-13)23-11-19-10-20-23/h2-12H,1H3,(H2,21,22,24). The van der Waals surface area contributed by atoms with E-state index in [0.29, 0.717) is 10.7 Å². The molecule has 0 saturated carbocycles. The van der Waals surface area contributed by atoms with Gasteiger partial charge in [0.25, 0.3) is 0 Å². The highest BCUT2D eigenvalue weighted by Gasteiger charge is 2.11. The first kappa shape index (κ1) is 16.0. The number of urea groups is 1. The molecule has 122 valence electrons. The first-order chi connectivity index (χ1) is 11.6. The number of benzene rings is 2. The molecule has 0 spiro atoms. The first-order valence-corrected chi connectivity index (χ1v) is 7.78. The van der Waals surface area contributed by atoms with Crippen molar-refractivity contribution in [2.75, 3.05) is 5.32 Å². The predicted molar refractivity (Wildman–Crippen MR) is 93.4 cm³/mol. The molecule has 2 amide bonds. The first-order valence-electron chi connectivity index (χ1n) is 7.40. The van der Waals surface area contributed by atoms with E-state index >= 15 is 0 Å². The van der Waals surface area contributed by atoms with E-state index in [1.807, 2.05) is 43.3 Å². The number of carbonyl (C=O) groups is 1. The van der Waals surface area contributed by atoms with E-state index in [4.69, 9.17) is 11.6 Å². The second kappa shape index (κ2) is 7.14. The Labute approximate surface area is 144 Å². The van der Waals surface area contributed by atoms with Gasteiger partial charge in [-0.05, 0) is 36.8 Å². The van der Waals surface area contributed by atoms with Crippen molar-refractivity contribution in [2.24, 2.45) is 0 Å². The summed E-state index contributed by atoms with van der Waals surface area (Å²) in [4.78, 5) is 16.0. The van der Waals surface area contributed by atoms with Crippen LogP contribution in [0.1, 0.15) is 18.5 Å². The number of halogens is 1. The van der Waals surface area contributed by atoms with Crippen LogP contribution in [0, 0.1) is 0 Å². The van der Waals surface area contributed by atoms with Gasteiger partial charge >= 0.3 is 6.03 Å². The second-order valence-electron chi connectivity index (χ2n) is 5.23. The van der Waals surface area contributed by atoms with E-state index in [1.54, 1.807) is 23.1 Å². The van der Waals surface area contributed by atoms with E-state index in [0.717, 1.165) is 11.3 Å². The minimum Gasteiger partial charge on any atom is -0.331 e. The van der Waals surface area contributed by atoms with Crippen LogP contribution in [0.2, 0.25) is 5.02 Å². The van der Waals surface area contributed by atoms with Gasteiger partial charge in [0.2, 0.25) is 0 Å². The highest BCUT2D eigenvalue weighted by Crippen LogP contribution is 2.21. The van der Waals surface area contributed by atoms with Gasteiger partial charge in [0.15, 0.2) is 0 Å². The molecular formula is C17H16ClN5O. The summed E-state index contributed by atoms with van der Waals surface area (Å²) in [5.74, 6) is 0. The fraction of sp³-hybridized carbons (Fsp3) is 0.118. The number of amides is 2. The Morgan fingerprint density at radius 3 is 2.58 bits per heavy atom. The van der Waals surface area contributed by atoms with E-state index in [-0.39, 0.29) is 12.1 Å². The Hall–Kier alpha value is -2.86. The molecule has 1 atom stereocenters. The smallest absolute Gasteiger partial charge is 0.319 e. The van der Waals surface area contributed by atoms with Crippen molar-refractivity contribution in [1.29, 1.82) is 0 Å². The lowest BCUT2D eigenvalue weighted by atomic mass is 10.1. The van der Waals surface area contributed by atoms with Crippen LogP contribution in [0.4, 0.5) is 10.5 Å². The fourth-order valence-corrected chi connectivity index (χ4v) is 2.44. The van der Waals surface area contributed by atoms with Gasteiger partial charge in [-0.2, -0.15) is 5.10 Å². The number of para-hydroxylation sites is 1. The molecule has 0 radical (unpaired) electrons. The summed E-state index contributed by atoms with van der Waals surface area (Å²) < 4.78 is 1.67. The number of nitrogens with zero attached hydrogens (tertiary/aromatic N) is 3. The van der Waals surface area contributed by atoms with Crippen molar-refractivity contribution in [3.63, 3.8) is 0 Å². The van der Waals surface area contributed by atoms with Crippen molar-refractivity contribution in [1.82, 2.24) is 20.1 Å². The van der Waals surface area contributed by atoms with Crippen LogP contribution < -0.4 is 10.6 Å². The average Bonchev–Trinajstić information content (AvgIpc) is 3.11. The average molecular weight is 342 g/mol. The van der Waals surface area contributed by atoms with Gasteiger partial charge < -0.3 is 10.6 Å². The number of hydrogen-bond acceptors (Lipinski definition) is 3. The lowest BCUT2D eigenvalue weighted by Crippen LogP contribution is -2.31. The SMILES string of the molecule is CC(NC(=O)Nc1ccccc1Cl)c1ccc(-n2cncn2)cc1. The van der Waals surface area contributed by atoms with Crippen molar-refractivity contribution in [3.05, 3.63) is 71.8 Å². The molecule has 0 fully saturated rings. The van der Waals surface area contributed by atoms with Crippen molar-refractivity contribution >= 4 is 23.3 Å². The van der Waals surface area contributed by atoms with E-state index in [1.165, 1.54) is 6.33 Å². The molecule has 6 nitrogen and oxygen atoms in total. The minimum absolute atomic E-state index is 0.155. The molecule has 3 aromatic rings. The zero-order chi connectivity index (χ0) is 16.9. The van der Waals surface area contributed by atoms with Crippen LogP contribution in [-0.2, 0) is 0 Å². The maximum absolute atomic E-state index is 12.1. The van der Waals surface area contributed by atoms with Gasteiger partial charge in [0, 0.05) is 0 Å². The van der Waals surface area contributed by atoms with Gasteiger partial charge in [-0.25, -0.2) is 14.5 Å². The molecule has 0 aliphatic heterocycles. The van der Waals surface area contributed by atoms with Gasteiger partial charge in [-0.1, -0.05) is 35.9 Å². The lowest BCUT2D eigenvalue weighted by Gasteiger charge is -2.16. The van der Waals surface area contributed by atoms with E-state index < -0.39 is 0 Å². The number of anilines is 1. The Bertz CT molecular complexity index is 817. The summed E-state index contributed by atoms with van der Waals surface area (Å²) in [5.41, 5.74) is 2.46. The minimum atomic E-state index is -0.309. The summed E-state index contributed by atoms with van der Waals surface area (Å²) in [6.07, 6.45) is 3.12. The molecule has 1 unspecified atom stereocenters. The molecule has 0 bridgehead atoms. The number of nitrogens with one attached hydrogen (secondary N) is 2. The molecule has 1 heterocycles. The van der Waals surface area contributed by atoms with Crippen LogP contribution in [0.3, 0.4) is 0 Å². The molecular weight excluding hydrogens is 326 g/mol. The van der Waals surface area contributed by atoms with Gasteiger partial charge in [-0.15, -0.1) is 0 Å². The third-order valence-corrected chi connectivity index (χ3v) is 3.88.